The summed E-state index contributed by atoms with van der Waals surface area (Å²) in [5.74, 6) is 1.09. The number of nitrogens with one attached hydrogen (secondary N) is 1. The van der Waals surface area contributed by atoms with Gasteiger partial charge in [0, 0.05) is 37.8 Å². The van der Waals surface area contributed by atoms with Crippen LogP contribution < -0.4 is 10.2 Å². The first-order valence-electron chi connectivity index (χ1n) is 6.02. The number of imidazole rings is 1. The molecule has 0 saturated carbocycles. The Balaban J connectivity index is 2.36. The van der Waals surface area contributed by atoms with Gasteiger partial charge in [0.2, 0.25) is 0 Å². The summed E-state index contributed by atoms with van der Waals surface area (Å²) in [7, 11) is 2.09. The van der Waals surface area contributed by atoms with Crippen molar-refractivity contribution < 1.29 is 0 Å². The smallest absolute Gasteiger partial charge is 0.195 e. The highest BCUT2D eigenvalue weighted by Gasteiger charge is 2.15. The summed E-state index contributed by atoms with van der Waals surface area (Å²) in [6.07, 6.45) is 2.09. The highest BCUT2D eigenvalue weighted by Crippen LogP contribution is 2.23. The first-order chi connectivity index (χ1) is 8.13. The van der Waals surface area contributed by atoms with Gasteiger partial charge in [-0.2, -0.15) is 0 Å². The number of hydrogen-bond donors (Lipinski definition) is 1. The van der Waals surface area contributed by atoms with Crippen LogP contribution in [0, 0.1) is 0 Å². The van der Waals surface area contributed by atoms with E-state index in [-0.39, 0.29) is 0 Å². The minimum atomic E-state index is 0.485. The Morgan fingerprint density at radius 3 is 2.94 bits per heavy atom. The zero-order valence-electron chi connectivity index (χ0n) is 10.9. The molecule has 0 spiro atoms. The molecule has 5 heteroatoms. The molecule has 2 aromatic rings. The van der Waals surface area contributed by atoms with Crippen molar-refractivity contribution in [3.63, 3.8) is 0 Å². The Labute approximate surface area is 106 Å². The molecular formula is C12H20N4S. The summed E-state index contributed by atoms with van der Waals surface area (Å²) in [6.45, 7) is 8.30. The zero-order valence-corrected chi connectivity index (χ0v) is 11.7. The van der Waals surface area contributed by atoms with Crippen LogP contribution in [-0.4, -0.2) is 29.0 Å². The van der Waals surface area contributed by atoms with E-state index in [4.69, 9.17) is 0 Å². The highest BCUT2D eigenvalue weighted by molar-refractivity contribution is 7.15. The molecule has 2 aromatic heterocycles. The highest BCUT2D eigenvalue weighted by atomic mass is 32.1. The van der Waals surface area contributed by atoms with Crippen LogP contribution in [0.1, 0.15) is 26.5 Å². The Bertz CT molecular complexity index is 486. The summed E-state index contributed by atoms with van der Waals surface area (Å²) in [5.41, 5.74) is 1.25. The van der Waals surface area contributed by atoms with Gasteiger partial charge in [-0.25, -0.2) is 4.98 Å². The van der Waals surface area contributed by atoms with E-state index < -0.39 is 0 Å². The molecule has 2 heterocycles. The van der Waals surface area contributed by atoms with Gasteiger partial charge in [-0.15, -0.1) is 11.3 Å². The predicted molar refractivity (Wildman–Crippen MR) is 74.0 cm³/mol. The molecule has 0 fully saturated rings. The van der Waals surface area contributed by atoms with Gasteiger partial charge in [0.1, 0.15) is 0 Å². The van der Waals surface area contributed by atoms with Gasteiger partial charge < -0.3 is 10.2 Å². The molecule has 0 amide bonds. The number of nitrogens with zero attached hydrogens (tertiary/aromatic N) is 3. The van der Waals surface area contributed by atoms with Crippen molar-refractivity contribution in [2.45, 2.75) is 33.4 Å². The molecule has 94 valence electrons. The molecule has 1 N–H and O–H groups in total. The van der Waals surface area contributed by atoms with Crippen LogP contribution in [0.3, 0.4) is 0 Å². The van der Waals surface area contributed by atoms with Crippen molar-refractivity contribution in [3.8, 4) is 0 Å². The van der Waals surface area contributed by atoms with E-state index in [1.807, 2.05) is 0 Å². The Morgan fingerprint density at radius 2 is 2.29 bits per heavy atom. The molecular weight excluding hydrogens is 232 g/mol. The maximum atomic E-state index is 4.69. The van der Waals surface area contributed by atoms with Crippen LogP contribution in [0.15, 0.2) is 11.6 Å². The molecule has 0 atom stereocenters. The molecule has 2 rings (SSSR count). The minimum Gasteiger partial charge on any atom is -0.358 e. The van der Waals surface area contributed by atoms with Crippen LogP contribution in [0.25, 0.3) is 4.96 Å². The summed E-state index contributed by atoms with van der Waals surface area (Å²) < 4.78 is 2.18. The normalized spacial score (nSPS) is 11.6. The lowest BCUT2D eigenvalue weighted by Crippen LogP contribution is -2.25. The van der Waals surface area contributed by atoms with Crippen molar-refractivity contribution in [3.05, 3.63) is 17.3 Å². The molecule has 0 aromatic carbocycles. The van der Waals surface area contributed by atoms with Gasteiger partial charge in [-0.05, 0) is 6.92 Å². The van der Waals surface area contributed by atoms with Crippen LogP contribution >= 0.6 is 11.3 Å². The molecule has 0 saturated heterocycles. The second kappa shape index (κ2) is 5.06. The summed E-state index contributed by atoms with van der Waals surface area (Å²) in [5, 5.41) is 5.55. The molecule has 4 nitrogen and oxygen atoms in total. The van der Waals surface area contributed by atoms with Gasteiger partial charge in [0.05, 0.1) is 5.69 Å². The number of hydrogen-bond acceptors (Lipinski definition) is 4. The van der Waals surface area contributed by atoms with Crippen molar-refractivity contribution in [1.29, 1.82) is 0 Å². The van der Waals surface area contributed by atoms with E-state index in [9.17, 15) is 0 Å². The average Bonchev–Trinajstić information content (AvgIpc) is 2.85. The van der Waals surface area contributed by atoms with Gasteiger partial charge >= 0.3 is 0 Å². The molecule has 0 unspecified atom stereocenters. The van der Waals surface area contributed by atoms with Crippen molar-refractivity contribution in [2.24, 2.45) is 0 Å². The molecule has 0 bridgehead atoms. The summed E-state index contributed by atoms with van der Waals surface area (Å²) in [4.78, 5) is 7.95. The molecule has 0 radical (unpaired) electrons. The van der Waals surface area contributed by atoms with Crippen LogP contribution in [0.5, 0.6) is 0 Å². The van der Waals surface area contributed by atoms with E-state index in [0.29, 0.717) is 6.04 Å². The fourth-order valence-corrected chi connectivity index (χ4v) is 2.47. The lowest BCUT2D eigenvalue weighted by Gasteiger charge is -2.16. The topological polar surface area (TPSA) is 32.6 Å². The van der Waals surface area contributed by atoms with E-state index in [1.54, 1.807) is 11.3 Å². The zero-order chi connectivity index (χ0) is 12.4. The van der Waals surface area contributed by atoms with Crippen molar-refractivity contribution in [2.75, 3.05) is 18.5 Å². The fourth-order valence-electron chi connectivity index (χ4n) is 1.74. The Morgan fingerprint density at radius 1 is 1.53 bits per heavy atom. The first kappa shape index (κ1) is 12.4. The Hall–Kier alpha value is -1.07. The van der Waals surface area contributed by atoms with Gasteiger partial charge in [0.15, 0.2) is 10.8 Å². The second-order valence-corrected chi connectivity index (χ2v) is 5.36. The predicted octanol–water partition coefficient (Wildman–Crippen LogP) is 2.35. The van der Waals surface area contributed by atoms with E-state index in [1.165, 1.54) is 5.69 Å². The quantitative estimate of drug-likeness (QED) is 0.886. The average molecular weight is 252 g/mol. The summed E-state index contributed by atoms with van der Waals surface area (Å²) >= 11 is 1.68. The number of fused-ring (bicyclic) bond motifs is 1. The van der Waals surface area contributed by atoms with Crippen molar-refractivity contribution >= 4 is 22.1 Å². The van der Waals surface area contributed by atoms with Gasteiger partial charge in [0.25, 0.3) is 0 Å². The third-order valence-corrected chi connectivity index (χ3v) is 3.61. The number of aromatic nitrogens is 2. The third-order valence-electron chi connectivity index (χ3n) is 2.85. The first-order valence-corrected chi connectivity index (χ1v) is 6.90. The van der Waals surface area contributed by atoms with E-state index >= 15 is 0 Å². The van der Waals surface area contributed by atoms with E-state index in [0.717, 1.165) is 23.9 Å². The molecule has 0 aliphatic carbocycles. The van der Waals surface area contributed by atoms with Gasteiger partial charge in [-0.1, -0.05) is 13.8 Å². The largest absolute Gasteiger partial charge is 0.358 e. The maximum Gasteiger partial charge on any atom is 0.195 e. The van der Waals surface area contributed by atoms with Crippen LogP contribution in [0.4, 0.5) is 5.82 Å². The van der Waals surface area contributed by atoms with E-state index in [2.05, 4.69) is 59.0 Å². The second-order valence-electron chi connectivity index (χ2n) is 4.49. The standard InChI is InChI=1S/C12H20N4S/c1-5-15(4)11-10(8-13-9(2)3)16-6-7-17-12(16)14-11/h6-7,9,13H,5,8H2,1-4H3. The van der Waals surface area contributed by atoms with Crippen LogP contribution in [0.2, 0.25) is 0 Å². The molecule has 0 aliphatic heterocycles. The molecule has 17 heavy (non-hydrogen) atoms. The minimum absolute atomic E-state index is 0.485. The lowest BCUT2D eigenvalue weighted by molar-refractivity contribution is 0.579. The van der Waals surface area contributed by atoms with Gasteiger partial charge in [-0.3, -0.25) is 4.40 Å². The SMILES string of the molecule is CCN(C)c1nc2sccn2c1CNC(C)C. The number of anilines is 1. The Kier molecular flexibility index (Phi) is 3.69. The van der Waals surface area contributed by atoms with Crippen LogP contribution in [-0.2, 0) is 6.54 Å². The number of thiazole rings is 1. The third kappa shape index (κ3) is 2.45. The monoisotopic (exact) mass is 252 g/mol. The fraction of sp³-hybridized carbons (Fsp3) is 0.583. The van der Waals surface area contributed by atoms with Crippen molar-refractivity contribution in [1.82, 2.24) is 14.7 Å². The lowest BCUT2D eigenvalue weighted by atomic mass is 10.3. The summed E-state index contributed by atoms with van der Waals surface area (Å²) in [6, 6.07) is 0.485. The number of rotatable bonds is 5. The molecule has 0 aliphatic rings. The maximum absolute atomic E-state index is 4.69.